The summed E-state index contributed by atoms with van der Waals surface area (Å²) < 4.78 is 2.93. The molecule has 1 aromatic heterocycles. The Morgan fingerprint density at radius 3 is 2.60 bits per heavy atom. The van der Waals surface area contributed by atoms with Gasteiger partial charge in [-0.05, 0) is 40.3 Å². The molecule has 0 spiro atoms. The Bertz CT molecular complexity index is 438. The second-order valence-electron chi connectivity index (χ2n) is 3.19. The monoisotopic (exact) mass is 315 g/mol. The van der Waals surface area contributed by atoms with Crippen LogP contribution in [-0.2, 0) is 13.2 Å². The van der Waals surface area contributed by atoms with Crippen LogP contribution >= 0.6 is 22.6 Å². The van der Waals surface area contributed by atoms with Crippen LogP contribution in [0.15, 0.2) is 30.5 Å². The smallest absolute Gasteiger partial charge is 0.108 e. The van der Waals surface area contributed by atoms with E-state index in [2.05, 4.69) is 57.2 Å². The fourth-order valence-electron chi connectivity index (χ4n) is 1.27. The van der Waals surface area contributed by atoms with E-state index in [-0.39, 0.29) is 6.61 Å². The maximum Gasteiger partial charge on any atom is 0.108 e. The van der Waals surface area contributed by atoms with Gasteiger partial charge in [0, 0.05) is 3.57 Å². The molecular formula is C10H10IN3O. The minimum absolute atomic E-state index is 0.0628. The van der Waals surface area contributed by atoms with E-state index in [1.807, 2.05) is 0 Å². The molecule has 0 radical (unpaired) electrons. The van der Waals surface area contributed by atoms with E-state index in [0.717, 1.165) is 0 Å². The maximum absolute atomic E-state index is 8.84. The van der Waals surface area contributed by atoms with Crippen molar-refractivity contribution in [1.29, 1.82) is 0 Å². The molecule has 0 bridgehead atoms. The zero-order chi connectivity index (χ0) is 10.7. The van der Waals surface area contributed by atoms with Crippen LogP contribution in [0.1, 0.15) is 11.3 Å². The highest BCUT2D eigenvalue weighted by Gasteiger charge is 1.99. The Labute approximate surface area is 101 Å². The summed E-state index contributed by atoms with van der Waals surface area (Å²) in [6, 6.07) is 8.23. The fraction of sp³-hybridized carbons (Fsp3) is 0.200. The van der Waals surface area contributed by atoms with Gasteiger partial charge in [0.15, 0.2) is 0 Å². The van der Waals surface area contributed by atoms with Gasteiger partial charge in [-0.3, -0.25) is 0 Å². The number of hydrogen-bond acceptors (Lipinski definition) is 3. The van der Waals surface area contributed by atoms with Crippen LogP contribution in [0, 0.1) is 3.57 Å². The van der Waals surface area contributed by atoms with Gasteiger partial charge in [0.2, 0.25) is 0 Å². The lowest BCUT2D eigenvalue weighted by atomic mass is 10.2. The van der Waals surface area contributed by atoms with Crippen molar-refractivity contribution in [3.8, 4) is 0 Å². The first kappa shape index (κ1) is 10.6. The first-order chi connectivity index (χ1) is 7.28. The maximum atomic E-state index is 8.84. The first-order valence-electron chi connectivity index (χ1n) is 4.52. The number of aliphatic hydroxyl groups is 1. The average Bonchev–Trinajstić information content (AvgIpc) is 2.69. The standard InChI is InChI=1S/C10H10IN3O/c11-9-3-1-8(2-4-9)5-14-6-10(7-15)12-13-14/h1-4,6,15H,5,7H2. The van der Waals surface area contributed by atoms with Gasteiger partial charge in [0.1, 0.15) is 5.69 Å². The predicted octanol–water partition coefficient (Wildman–Crippen LogP) is 1.42. The molecule has 0 atom stereocenters. The van der Waals surface area contributed by atoms with Crippen LogP contribution in [0.5, 0.6) is 0 Å². The molecule has 1 aromatic carbocycles. The van der Waals surface area contributed by atoms with Crippen molar-refractivity contribution < 1.29 is 5.11 Å². The van der Waals surface area contributed by atoms with Crippen molar-refractivity contribution in [2.24, 2.45) is 0 Å². The van der Waals surface area contributed by atoms with E-state index >= 15 is 0 Å². The van der Waals surface area contributed by atoms with E-state index in [9.17, 15) is 0 Å². The van der Waals surface area contributed by atoms with Gasteiger partial charge in [-0.25, -0.2) is 4.68 Å². The Balaban J connectivity index is 2.11. The molecule has 1 heterocycles. The molecule has 0 amide bonds. The molecule has 15 heavy (non-hydrogen) atoms. The lowest BCUT2D eigenvalue weighted by molar-refractivity contribution is 0.276. The van der Waals surface area contributed by atoms with Crippen LogP contribution in [0.25, 0.3) is 0 Å². The summed E-state index contributed by atoms with van der Waals surface area (Å²) >= 11 is 2.27. The zero-order valence-electron chi connectivity index (χ0n) is 7.97. The van der Waals surface area contributed by atoms with Gasteiger partial charge in [-0.15, -0.1) is 5.10 Å². The molecule has 5 heteroatoms. The SMILES string of the molecule is OCc1cn(Cc2ccc(I)cc2)nn1. The van der Waals surface area contributed by atoms with Crippen molar-refractivity contribution in [3.05, 3.63) is 45.3 Å². The molecule has 0 fully saturated rings. The summed E-state index contributed by atoms with van der Waals surface area (Å²) in [5.41, 5.74) is 1.77. The third-order valence-corrected chi connectivity index (χ3v) is 2.73. The normalized spacial score (nSPS) is 10.5. The lowest BCUT2D eigenvalue weighted by Gasteiger charge is -2.00. The van der Waals surface area contributed by atoms with Crippen molar-refractivity contribution in [2.45, 2.75) is 13.2 Å². The molecule has 2 aromatic rings. The van der Waals surface area contributed by atoms with Gasteiger partial charge in [0.05, 0.1) is 19.3 Å². The number of rotatable bonds is 3. The van der Waals surface area contributed by atoms with Gasteiger partial charge in [-0.2, -0.15) is 0 Å². The van der Waals surface area contributed by atoms with E-state index in [1.165, 1.54) is 9.13 Å². The number of aromatic nitrogens is 3. The second-order valence-corrected chi connectivity index (χ2v) is 4.44. The summed E-state index contributed by atoms with van der Waals surface area (Å²) in [6.45, 7) is 0.622. The summed E-state index contributed by atoms with van der Waals surface area (Å²) in [7, 11) is 0. The Kier molecular flexibility index (Phi) is 3.32. The average molecular weight is 315 g/mol. The van der Waals surface area contributed by atoms with Gasteiger partial charge in [0.25, 0.3) is 0 Å². The van der Waals surface area contributed by atoms with E-state index < -0.39 is 0 Å². The van der Waals surface area contributed by atoms with Crippen molar-refractivity contribution >= 4 is 22.6 Å². The molecule has 0 unspecified atom stereocenters. The van der Waals surface area contributed by atoms with E-state index in [1.54, 1.807) is 10.9 Å². The first-order valence-corrected chi connectivity index (χ1v) is 5.60. The van der Waals surface area contributed by atoms with Crippen molar-refractivity contribution in [3.63, 3.8) is 0 Å². The Morgan fingerprint density at radius 1 is 1.27 bits per heavy atom. The second kappa shape index (κ2) is 4.71. The summed E-state index contributed by atoms with van der Waals surface area (Å²) in [4.78, 5) is 0. The number of halogens is 1. The third kappa shape index (κ3) is 2.75. The molecule has 0 aliphatic carbocycles. The number of hydrogen-bond donors (Lipinski definition) is 1. The molecule has 2 rings (SSSR count). The molecule has 4 nitrogen and oxygen atoms in total. The number of aliphatic hydroxyl groups excluding tert-OH is 1. The highest BCUT2D eigenvalue weighted by molar-refractivity contribution is 14.1. The highest BCUT2D eigenvalue weighted by Crippen LogP contribution is 2.08. The summed E-state index contributed by atoms with van der Waals surface area (Å²) in [5.74, 6) is 0. The van der Waals surface area contributed by atoms with Crippen LogP contribution in [0.2, 0.25) is 0 Å². The lowest BCUT2D eigenvalue weighted by Crippen LogP contribution is -2.00. The largest absolute Gasteiger partial charge is 0.390 e. The van der Waals surface area contributed by atoms with Crippen LogP contribution in [-0.4, -0.2) is 20.1 Å². The Morgan fingerprint density at radius 2 is 2.00 bits per heavy atom. The molecule has 0 aliphatic heterocycles. The number of nitrogens with zero attached hydrogens (tertiary/aromatic N) is 3. The van der Waals surface area contributed by atoms with E-state index in [4.69, 9.17) is 5.11 Å². The Hall–Kier alpha value is -0.950. The van der Waals surface area contributed by atoms with Gasteiger partial charge in [-0.1, -0.05) is 17.3 Å². The van der Waals surface area contributed by atoms with Crippen molar-refractivity contribution in [1.82, 2.24) is 15.0 Å². The van der Waals surface area contributed by atoms with E-state index in [0.29, 0.717) is 12.2 Å². The highest BCUT2D eigenvalue weighted by atomic mass is 127. The summed E-state index contributed by atoms with van der Waals surface area (Å²) in [5, 5.41) is 16.6. The molecule has 0 aliphatic rings. The molecular weight excluding hydrogens is 305 g/mol. The van der Waals surface area contributed by atoms with Gasteiger partial charge >= 0.3 is 0 Å². The van der Waals surface area contributed by atoms with Crippen LogP contribution in [0.3, 0.4) is 0 Å². The quantitative estimate of drug-likeness (QED) is 0.872. The minimum Gasteiger partial charge on any atom is -0.390 e. The molecule has 0 saturated carbocycles. The zero-order valence-corrected chi connectivity index (χ0v) is 10.1. The predicted molar refractivity (Wildman–Crippen MR) is 64.2 cm³/mol. The summed E-state index contributed by atoms with van der Waals surface area (Å²) in [6.07, 6.45) is 1.75. The molecule has 0 saturated heterocycles. The molecule has 1 N–H and O–H groups in total. The third-order valence-electron chi connectivity index (χ3n) is 2.01. The van der Waals surface area contributed by atoms with Crippen LogP contribution in [0.4, 0.5) is 0 Å². The fourth-order valence-corrected chi connectivity index (χ4v) is 1.62. The van der Waals surface area contributed by atoms with Crippen molar-refractivity contribution in [2.75, 3.05) is 0 Å². The topological polar surface area (TPSA) is 50.9 Å². The minimum atomic E-state index is -0.0628. The molecule has 78 valence electrons. The van der Waals surface area contributed by atoms with Crippen LogP contribution < -0.4 is 0 Å². The van der Waals surface area contributed by atoms with Gasteiger partial charge < -0.3 is 5.11 Å². The number of benzene rings is 1.